The molecule has 2 atom stereocenters. The highest BCUT2D eigenvalue weighted by molar-refractivity contribution is 9.09. The van der Waals surface area contributed by atoms with Gasteiger partial charge in [-0.1, -0.05) is 40.2 Å². The van der Waals surface area contributed by atoms with Gasteiger partial charge in [0.15, 0.2) is 5.78 Å². The number of Topliss-reactive ketones (excluding diaryl/α,β-unsaturated/α-hetero) is 2. The molecule has 0 heterocycles. The van der Waals surface area contributed by atoms with Crippen molar-refractivity contribution >= 4 is 57.3 Å². The molecule has 2 amide bonds. The maximum absolute atomic E-state index is 12.0. The predicted octanol–water partition coefficient (Wildman–Crippen LogP) is 4.89. The highest BCUT2D eigenvalue weighted by Crippen LogP contribution is 2.16. The van der Waals surface area contributed by atoms with Crippen LogP contribution in [-0.2, 0) is 31.9 Å². The van der Waals surface area contributed by atoms with Crippen LogP contribution in [0.5, 0.6) is 0 Å². The van der Waals surface area contributed by atoms with Crippen LogP contribution in [0.3, 0.4) is 0 Å². The predicted molar refractivity (Wildman–Crippen MR) is 173 cm³/mol. The first-order valence-corrected chi connectivity index (χ1v) is 15.1. The number of alkyl carbamates (subject to hydrolysis) is 2. The maximum Gasteiger partial charge on any atom is 0.408 e. The molecular formula is C30H37BrN6O10. The van der Waals surface area contributed by atoms with E-state index in [0.29, 0.717) is 17.3 Å². The van der Waals surface area contributed by atoms with Gasteiger partial charge in [-0.25, -0.2) is 9.59 Å². The zero-order valence-corrected chi connectivity index (χ0v) is 28.3. The molecule has 0 radical (unpaired) electrons. The van der Waals surface area contributed by atoms with Crippen molar-refractivity contribution in [1.29, 1.82) is 0 Å². The van der Waals surface area contributed by atoms with E-state index in [-0.39, 0.29) is 35.3 Å². The molecule has 47 heavy (non-hydrogen) atoms. The van der Waals surface area contributed by atoms with Crippen LogP contribution >= 0.6 is 15.9 Å². The molecule has 0 aliphatic rings. The van der Waals surface area contributed by atoms with E-state index in [1.54, 1.807) is 53.7 Å². The van der Waals surface area contributed by atoms with Gasteiger partial charge in [-0.2, -0.15) is 4.79 Å². The van der Waals surface area contributed by atoms with Crippen molar-refractivity contribution in [2.45, 2.75) is 77.7 Å². The van der Waals surface area contributed by atoms with Crippen LogP contribution < -0.4 is 10.6 Å². The van der Waals surface area contributed by atoms with Crippen molar-refractivity contribution in [1.82, 2.24) is 10.6 Å². The Morgan fingerprint density at radius 3 is 1.47 bits per heavy atom. The minimum Gasteiger partial charge on any atom is -0.444 e. The summed E-state index contributed by atoms with van der Waals surface area (Å²) < 4.78 is 10.2. The first kappa shape index (κ1) is 40.0. The van der Waals surface area contributed by atoms with Gasteiger partial charge in [-0.15, -0.1) is 0 Å². The summed E-state index contributed by atoms with van der Waals surface area (Å²) in [6.45, 7) is 10.2. The number of amides is 2. The summed E-state index contributed by atoms with van der Waals surface area (Å²) in [6.07, 6.45) is -0.523. The zero-order chi connectivity index (χ0) is 35.9. The molecule has 16 nitrogen and oxygen atoms in total. The molecule has 0 saturated heterocycles. The van der Waals surface area contributed by atoms with Crippen LogP contribution in [0, 0.1) is 20.2 Å². The molecule has 0 saturated carbocycles. The largest absolute Gasteiger partial charge is 0.444 e. The van der Waals surface area contributed by atoms with Gasteiger partial charge in [0.25, 0.3) is 17.2 Å². The van der Waals surface area contributed by atoms with Gasteiger partial charge in [0.05, 0.1) is 21.2 Å². The Bertz CT molecular complexity index is 1480. The Balaban J connectivity index is 0.000000470. The number of hydrogen-bond donors (Lipinski definition) is 2. The second-order valence-corrected chi connectivity index (χ2v) is 12.5. The number of hydrogen-bond acceptors (Lipinski definition) is 10. The van der Waals surface area contributed by atoms with Crippen LogP contribution in [0.15, 0.2) is 48.5 Å². The molecule has 0 bridgehead atoms. The van der Waals surface area contributed by atoms with Gasteiger partial charge in [-0.3, -0.25) is 29.8 Å². The van der Waals surface area contributed by atoms with Crippen molar-refractivity contribution in [2.24, 2.45) is 0 Å². The number of benzene rings is 2. The number of carbonyl (C=O) groups excluding carboxylic acids is 4. The second-order valence-electron chi connectivity index (χ2n) is 11.9. The topological polar surface area (TPSA) is 233 Å². The van der Waals surface area contributed by atoms with Crippen LogP contribution in [0.25, 0.3) is 5.53 Å². The molecule has 2 aromatic rings. The standard InChI is InChI=1S/C15H19BrN2O5.C15H18N4O5/c1-15(2,3)23-14(20)17-12(13(19)9-16)8-10-4-6-11(7-5-10)18(21)22;1-15(2,3)24-14(21)18-12(13(20)9-17-16)8-10-4-6-11(7-5-10)19(22)23/h4-7,12H,8-9H2,1-3H3,(H,17,20);4-7,9,12H,8H2,1-3H3,(H,18,21)/t2*12-/m00/s1. The lowest BCUT2D eigenvalue weighted by molar-refractivity contribution is -0.385. The summed E-state index contributed by atoms with van der Waals surface area (Å²) in [4.78, 5) is 70.5. The van der Waals surface area contributed by atoms with Crippen molar-refractivity contribution in [2.75, 3.05) is 5.33 Å². The average Bonchev–Trinajstić information content (AvgIpc) is 2.95. The molecule has 2 N–H and O–H groups in total. The molecule has 0 unspecified atom stereocenters. The number of nitrogens with one attached hydrogen (secondary N) is 2. The Morgan fingerprint density at radius 2 is 1.15 bits per heavy atom. The molecule has 254 valence electrons. The van der Waals surface area contributed by atoms with Crippen molar-refractivity contribution in [3.05, 3.63) is 85.4 Å². The van der Waals surface area contributed by atoms with Gasteiger partial charge in [-0.05, 0) is 59.1 Å². The number of carbonyl (C=O) groups is 4. The number of ether oxygens (including phenoxy) is 2. The molecule has 17 heteroatoms. The van der Waals surface area contributed by atoms with E-state index in [1.165, 1.54) is 36.4 Å². The normalized spacial score (nSPS) is 12.1. The minimum atomic E-state index is -1.03. The van der Waals surface area contributed by atoms with Gasteiger partial charge >= 0.3 is 18.4 Å². The summed E-state index contributed by atoms with van der Waals surface area (Å²) in [5.74, 6) is -0.851. The average molecular weight is 722 g/mol. The molecule has 0 aliphatic heterocycles. The first-order chi connectivity index (χ1) is 21.7. The van der Waals surface area contributed by atoms with Crippen LogP contribution in [-0.4, -0.2) is 73.2 Å². The highest BCUT2D eigenvalue weighted by Gasteiger charge is 2.26. The number of non-ortho nitro benzene ring substituents is 2. The summed E-state index contributed by atoms with van der Waals surface area (Å²) in [7, 11) is 0. The summed E-state index contributed by atoms with van der Waals surface area (Å²) in [5.41, 5.74) is 8.26. The first-order valence-electron chi connectivity index (χ1n) is 14.0. The number of nitrogens with zero attached hydrogens (tertiary/aromatic N) is 4. The van der Waals surface area contributed by atoms with E-state index in [0.717, 1.165) is 0 Å². The zero-order valence-electron chi connectivity index (χ0n) is 26.7. The minimum absolute atomic E-state index is 0.0304. The lowest BCUT2D eigenvalue weighted by Gasteiger charge is -2.23. The van der Waals surface area contributed by atoms with Crippen molar-refractivity contribution in [3.63, 3.8) is 0 Å². The van der Waals surface area contributed by atoms with E-state index in [2.05, 4.69) is 31.4 Å². The Morgan fingerprint density at radius 1 is 0.787 bits per heavy atom. The smallest absolute Gasteiger partial charge is 0.408 e. The maximum atomic E-state index is 12.0. The van der Waals surface area contributed by atoms with E-state index in [9.17, 15) is 39.4 Å². The molecule has 0 aliphatic carbocycles. The third kappa shape index (κ3) is 16.2. The van der Waals surface area contributed by atoms with Crippen molar-refractivity contribution in [3.8, 4) is 0 Å². The fourth-order valence-corrected chi connectivity index (χ4v) is 3.98. The Labute approximate surface area is 279 Å². The lowest BCUT2D eigenvalue weighted by atomic mass is 10.0. The molecule has 0 spiro atoms. The SMILES string of the molecule is CC(C)(C)OC(=O)N[C@@H](Cc1ccc([N+](=O)[O-])cc1)C(=O)C=[N+]=[N-].CC(C)(C)OC(=O)N[C@@H](Cc1ccc([N+](=O)[O-])cc1)C(=O)CBr. The number of alkyl halides is 1. The number of nitro groups is 2. The van der Waals surface area contributed by atoms with Gasteiger partial charge in [0, 0.05) is 30.7 Å². The number of nitro benzene ring substituents is 2. The Kier molecular flexibility index (Phi) is 15.5. The Hall–Kier alpha value is -5.02. The van der Waals surface area contributed by atoms with E-state index in [1.807, 2.05) is 0 Å². The summed E-state index contributed by atoms with van der Waals surface area (Å²) in [6, 6.07) is 9.58. The van der Waals surface area contributed by atoms with Gasteiger partial charge in [0.2, 0.25) is 0 Å². The van der Waals surface area contributed by atoms with Gasteiger partial charge in [0.1, 0.15) is 17.2 Å². The quantitative estimate of drug-likeness (QED) is 0.0751. The fraction of sp³-hybridized carbons (Fsp3) is 0.433. The molecule has 0 aromatic heterocycles. The summed E-state index contributed by atoms with van der Waals surface area (Å²) in [5, 5.41) is 26.3. The van der Waals surface area contributed by atoms with Crippen molar-refractivity contribution < 1.29 is 43.3 Å². The van der Waals surface area contributed by atoms with Crippen LogP contribution in [0.1, 0.15) is 52.7 Å². The second kappa shape index (κ2) is 18.2. The van der Waals surface area contributed by atoms with Crippen LogP contribution in [0.2, 0.25) is 0 Å². The number of rotatable bonds is 12. The monoisotopic (exact) mass is 720 g/mol. The number of halogens is 1. The summed E-state index contributed by atoms with van der Waals surface area (Å²) >= 11 is 3.08. The highest BCUT2D eigenvalue weighted by atomic mass is 79.9. The third-order valence-electron chi connectivity index (χ3n) is 5.60. The van der Waals surface area contributed by atoms with E-state index in [4.69, 9.17) is 15.0 Å². The molecule has 0 fully saturated rings. The molecule has 2 aromatic carbocycles. The fourth-order valence-electron chi connectivity index (χ4n) is 3.59. The van der Waals surface area contributed by atoms with E-state index >= 15 is 0 Å². The molecular weight excluding hydrogens is 684 g/mol. The lowest BCUT2D eigenvalue weighted by Crippen LogP contribution is -2.45. The molecule has 2 rings (SSSR count). The number of ketones is 2. The van der Waals surface area contributed by atoms with E-state index < -0.39 is 51.1 Å². The van der Waals surface area contributed by atoms with Crippen LogP contribution in [0.4, 0.5) is 21.0 Å². The third-order valence-corrected chi connectivity index (χ3v) is 6.16. The van der Waals surface area contributed by atoms with Gasteiger partial charge < -0.3 is 25.6 Å².